The second kappa shape index (κ2) is 61.6. The molecule has 3 N–H and O–H groups in total. The number of rotatable bonds is 69. The fourth-order valence-corrected chi connectivity index (χ4v) is 12.4. The maximum atomic E-state index is 13.0. The first-order chi connectivity index (χ1) is 43.7. The van der Waals surface area contributed by atoms with E-state index in [-0.39, 0.29) is 25.7 Å². The van der Waals surface area contributed by atoms with Gasteiger partial charge in [0.05, 0.1) is 26.4 Å². The van der Waals surface area contributed by atoms with E-state index in [9.17, 15) is 43.2 Å². The Labute approximate surface area is 556 Å². The van der Waals surface area contributed by atoms with Gasteiger partial charge in [-0.3, -0.25) is 37.3 Å². The SMILES string of the molecule is CCC(C)CCCCCCCCCCCCC(=O)OC[C@H](COP(=O)(O)OCC(O)COP(=O)(O)OC[C@@H](COC(=O)CCCCCCCCCCC(C)C)OC(=O)CCCCCCCCCCC(C)CC)OC(=O)CCCCCCCCCCCCCC(C)C. The summed E-state index contributed by atoms with van der Waals surface area (Å²) in [5.74, 6) is 0.943. The molecule has 0 fully saturated rings. The van der Waals surface area contributed by atoms with Crippen molar-refractivity contribution < 1.29 is 80.2 Å². The molecule has 0 aliphatic rings. The lowest BCUT2D eigenvalue weighted by molar-refractivity contribution is -0.161. The topological polar surface area (TPSA) is 237 Å². The first-order valence-corrected chi connectivity index (χ1v) is 40.3. The lowest BCUT2D eigenvalue weighted by Crippen LogP contribution is -2.30. The van der Waals surface area contributed by atoms with Crippen LogP contribution in [0.3, 0.4) is 0 Å². The van der Waals surface area contributed by atoms with Gasteiger partial charge >= 0.3 is 39.5 Å². The summed E-state index contributed by atoms with van der Waals surface area (Å²) in [7, 11) is -9.91. The average molecular weight is 1340 g/mol. The number of esters is 4. The van der Waals surface area contributed by atoms with E-state index < -0.39 is 97.5 Å². The first kappa shape index (κ1) is 89.1. The summed E-state index contributed by atoms with van der Waals surface area (Å²) in [6.45, 7) is 14.2. The molecule has 0 rings (SSSR count). The standard InChI is InChI=1S/C72H140O17P2/c1-9-64(7)50-42-34-26-17-14-15-18-28-36-44-52-69(74)82-58-67(88-71(76)54-46-38-30-19-13-11-12-16-24-32-40-48-62(3)4)60-86-90(78,79)84-56-66(73)57-85-91(80,81)87-61-68(59-83-70(75)53-45-37-29-22-20-25-33-41-49-63(5)6)89-72(77)55-47-39-31-23-21-27-35-43-51-65(8)10-2/h62-68,73H,9-61H2,1-8H3,(H,78,79)(H,80,81)/t64?,65?,66?,67-,68-/m1/s1. The van der Waals surface area contributed by atoms with Crippen LogP contribution in [0.1, 0.15) is 357 Å². The second-order valence-corrected chi connectivity index (χ2v) is 30.3. The number of ether oxygens (including phenoxy) is 4. The minimum atomic E-state index is -4.95. The maximum absolute atomic E-state index is 13.0. The van der Waals surface area contributed by atoms with Crippen LogP contribution in [0.5, 0.6) is 0 Å². The summed E-state index contributed by atoms with van der Waals surface area (Å²) in [6.07, 6.45) is 44.3. The lowest BCUT2D eigenvalue weighted by Gasteiger charge is -2.21. The van der Waals surface area contributed by atoms with Gasteiger partial charge in [0.1, 0.15) is 19.3 Å². The van der Waals surface area contributed by atoms with E-state index in [1.165, 1.54) is 161 Å². The van der Waals surface area contributed by atoms with Crippen LogP contribution in [-0.4, -0.2) is 96.7 Å². The molecule has 0 aromatic rings. The number of carbonyl (C=O) groups is 4. The van der Waals surface area contributed by atoms with Crippen LogP contribution in [0, 0.1) is 23.7 Å². The summed E-state index contributed by atoms with van der Waals surface area (Å²) in [5, 5.41) is 10.6. The van der Waals surface area contributed by atoms with Gasteiger partial charge < -0.3 is 33.8 Å². The zero-order valence-electron chi connectivity index (χ0n) is 59.5. The number of unbranched alkanes of at least 4 members (excludes halogenated alkanes) is 33. The highest BCUT2D eigenvalue weighted by molar-refractivity contribution is 7.47. The van der Waals surface area contributed by atoms with Gasteiger partial charge in [-0.15, -0.1) is 0 Å². The Kier molecular flexibility index (Phi) is 60.3. The Morgan fingerprint density at radius 2 is 0.527 bits per heavy atom. The van der Waals surface area contributed by atoms with E-state index in [4.69, 9.17) is 37.0 Å². The van der Waals surface area contributed by atoms with Crippen LogP contribution in [0.25, 0.3) is 0 Å². The minimum absolute atomic E-state index is 0.104. The summed E-state index contributed by atoms with van der Waals surface area (Å²) >= 11 is 0. The molecule has 0 aliphatic heterocycles. The second-order valence-electron chi connectivity index (χ2n) is 27.4. The molecule has 0 heterocycles. The molecule has 540 valence electrons. The monoisotopic (exact) mass is 1340 g/mol. The molecule has 0 aliphatic carbocycles. The van der Waals surface area contributed by atoms with Gasteiger partial charge in [-0.1, -0.05) is 306 Å². The van der Waals surface area contributed by atoms with Gasteiger partial charge in [-0.05, 0) is 49.4 Å². The molecular weight excluding hydrogens is 1200 g/mol. The smallest absolute Gasteiger partial charge is 0.462 e. The van der Waals surface area contributed by atoms with Crippen LogP contribution in [0.2, 0.25) is 0 Å². The van der Waals surface area contributed by atoms with Gasteiger partial charge in [-0.25, -0.2) is 9.13 Å². The van der Waals surface area contributed by atoms with Crippen molar-refractivity contribution in [1.82, 2.24) is 0 Å². The van der Waals surface area contributed by atoms with E-state index in [0.29, 0.717) is 25.7 Å². The van der Waals surface area contributed by atoms with E-state index in [1.54, 1.807) is 0 Å². The van der Waals surface area contributed by atoms with Crippen molar-refractivity contribution in [2.75, 3.05) is 39.6 Å². The van der Waals surface area contributed by atoms with Crippen molar-refractivity contribution in [1.29, 1.82) is 0 Å². The molecule has 0 amide bonds. The largest absolute Gasteiger partial charge is 0.472 e. The lowest BCUT2D eigenvalue weighted by atomic mass is 9.99. The van der Waals surface area contributed by atoms with Gasteiger partial charge in [-0.2, -0.15) is 0 Å². The third-order valence-corrected chi connectivity index (χ3v) is 19.2. The number of hydrogen-bond acceptors (Lipinski definition) is 15. The fraction of sp³-hybridized carbons (Fsp3) is 0.944. The summed E-state index contributed by atoms with van der Waals surface area (Å²) in [4.78, 5) is 72.7. The molecule has 7 atom stereocenters. The summed E-state index contributed by atoms with van der Waals surface area (Å²) in [5.41, 5.74) is 0. The van der Waals surface area contributed by atoms with Gasteiger partial charge in [0.2, 0.25) is 0 Å². The molecule has 0 spiro atoms. The van der Waals surface area contributed by atoms with Gasteiger partial charge in [0, 0.05) is 25.7 Å². The normalized spacial score (nSPS) is 14.8. The number of phosphoric ester groups is 2. The van der Waals surface area contributed by atoms with E-state index in [0.717, 1.165) is 114 Å². The molecule has 0 radical (unpaired) electrons. The number of carbonyl (C=O) groups excluding carboxylic acids is 4. The Morgan fingerprint density at radius 1 is 0.308 bits per heavy atom. The molecule has 19 heteroatoms. The highest BCUT2D eigenvalue weighted by atomic mass is 31.2. The van der Waals surface area contributed by atoms with E-state index in [2.05, 4.69) is 55.4 Å². The predicted molar refractivity (Wildman–Crippen MR) is 367 cm³/mol. The molecule has 0 aromatic heterocycles. The van der Waals surface area contributed by atoms with Crippen molar-refractivity contribution in [2.24, 2.45) is 23.7 Å². The molecule has 0 saturated carbocycles. The Hall–Kier alpha value is -1.94. The molecular formula is C72H140O17P2. The van der Waals surface area contributed by atoms with Gasteiger partial charge in [0.15, 0.2) is 12.2 Å². The van der Waals surface area contributed by atoms with Crippen LogP contribution < -0.4 is 0 Å². The number of phosphoric acid groups is 2. The molecule has 17 nitrogen and oxygen atoms in total. The molecule has 0 aromatic carbocycles. The quantitative estimate of drug-likeness (QED) is 0.0222. The predicted octanol–water partition coefficient (Wildman–Crippen LogP) is 20.5. The fourth-order valence-electron chi connectivity index (χ4n) is 10.8. The van der Waals surface area contributed by atoms with Crippen LogP contribution in [0.4, 0.5) is 0 Å². The van der Waals surface area contributed by atoms with E-state index >= 15 is 0 Å². The van der Waals surface area contributed by atoms with Crippen LogP contribution in [-0.2, 0) is 65.4 Å². The Bertz CT molecular complexity index is 1800. The third kappa shape index (κ3) is 63.9. The summed E-state index contributed by atoms with van der Waals surface area (Å²) < 4.78 is 68.4. The Balaban J connectivity index is 5.28. The van der Waals surface area contributed by atoms with Crippen molar-refractivity contribution in [3.05, 3.63) is 0 Å². The minimum Gasteiger partial charge on any atom is -0.462 e. The number of hydrogen-bond donors (Lipinski definition) is 3. The highest BCUT2D eigenvalue weighted by Gasteiger charge is 2.30. The van der Waals surface area contributed by atoms with Crippen molar-refractivity contribution in [2.45, 2.75) is 375 Å². The third-order valence-electron chi connectivity index (χ3n) is 17.3. The molecule has 0 bridgehead atoms. The number of aliphatic hydroxyl groups is 1. The van der Waals surface area contributed by atoms with Crippen molar-refractivity contribution in [3.63, 3.8) is 0 Å². The Morgan fingerprint density at radius 3 is 0.780 bits per heavy atom. The van der Waals surface area contributed by atoms with Crippen LogP contribution in [0.15, 0.2) is 0 Å². The van der Waals surface area contributed by atoms with Crippen LogP contribution >= 0.6 is 15.6 Å². The van der Waals surface area contributed by atoms with Crippen molar-refractivity contribution >= 4 is 39.5 Å². The average Bonchev–Trinajstić information content (AvgIpc) is 3.09. The molecule has 0 saturated heterocycles. The van der Waals surface area contributed by atoms with E-state index in [1.807, 2.05) is 0 Å². The summed E-state index contributed by atoms with van der Waals surface area (Å²) in [6, 6.07) is 0. The maximum Gasteiger partial charge on any atom is 0.472 e. The number of aliphatic hydroxyl groups excluding tert-OH is 1. The zero-order chi connectivity index (χ0) is 67.5. The van der Waals surface area contributed by atoms with Gasteiger partial charge in [0.25, 0.3) is 0 Å². The first-order valence-electron chi connectivity index (χ1n) is 37.3. The highest BCUT2D eigenvalue weighted by Crippen LogP contribution is 2.45. The molecule has 5 unspecified atom stereocenters. The molecule has 91 heavy (non-hydrogen) atoms. The zero-order valence-corrected chi connectivity index (χ0v) is 61.3. The van der Waals surface area contributed by atoms with Crippen molar-refractivity contribution in [3.8, 4) is 0 Å².